The fraction of sp³-hybridized carbons (Fsp3) is 0.417. The summed E-state index contributed by atoms with van der Waals surface area (Å²) in [6.07, 6.45) is 2.41. The van der Waals surface area contributed by atoms with E-state index in [1.807, 2.05) is 18.9 Å². The van der Waals surface area contributed by atoms with Gasteiger partial charge in [0.1, 0.15) is 28.6 Å². The second-order valence-electron chi connectivity index (χ2n) is 8.92. The van der Waals surface area contributed by atoms with Gasteiger partial charge in [-0.05, 0) is 26.7 Å². The van der Waals surface area contributed by atoms with Crippen molar-refractivity contribution in [3.05, 3.63) is 62.3 Å². The number of pyridine rings is 1. The normalized spacial score (nSPS) is 19.5. The Kier molecular flexibility index (Phi) is 6.67. The van der Waals surface area contributed by atoms with E-state index in [1.165, 1.54) is 10.9 Å². The molecule has 0 saturated carbocycles. The van der Waals surface area contributed by atoms with E-state index in [-0.39, 0.29) is 39.4 Å². The number of hydrogen-bond donors (Lipinski definition) is 1. The Bertz CT molecular complexity index is 1400. The predicted molar refractivity (Wildman–Crippen MR) is 129 cm³/mol. The lowest BCUT2D eigenvalue weighted by molar-refractivity contribution is 0.0543. The van der Waals surface area contributed by atoms with Crippen molar-refractivity contribution >= 4 is 17.2 Å². The van der Waals surface area contributed by atoms with Gasteiger partial charge >= 0.3 is 0 Å². The number of benzene rings is 1. The molecule has 2 aliphatic heterocycles. The molecule has 0 aliphatic carbocycles. The van der Waals surface area contributed by atoms with Crippen molar-refractivity contribution in [3.63, 3.8) is 0 Å². The highest BCUT2D eigenvalue weighted by Gasteiger charge is 2.39. The summed E-state index contributed by atoms with van der Waals surface area (Å²) < 4.78 is 48.7. The molecule has 0 unspecified atom stereocenters. The summed E-state index contributed by atoms with van der Waals surface area (Å²) in [5.41, 5.74) is -1.38. The van der Waals surface area contributed by atoms with Crippen LogP contribution in [0.2, 0.25) is 0 Å². The van der Waals surface area contributed by atoms with Crippen LogP contribution in [0.15, 0.2) is 23.1 Å². The number of hydrogen-bond acceptors (Lipinski definition) is 8. The summed E-state index contributed by atoms with van der Waals surface area (Å²) in [6.45, 7) is 5.09. The van der Waals surface area contributed by atoms with Crippen LogP contribution in [0.5, 0.6) is 5.75 Å². The first-order valence-corrected chi connectivity index (χ1v) is 12.7. The molecule has 4 heterocycles. The second kappa shape index (κ2) is 9.78. The van der Waals surface area contributed by atoms with Crippen molar-refractivity contribution in [2.24, 2.45) is 0 Å². The lowest BCUT2D eigenvalue weighted by Gasteiger charge is -2.45. The standard InChI is InChI=1S/C24H24F3N5O4S/c1-3-30-12(2)31(10-14-5-4-6-36-14)32-11-16(21(33)22(34)20(32)24(30)35)23-29-28-19(37-23)9-15-17(26)7-13(25)8-18(15)27/h7-8,11-12,14,34H,3-6,9-10H2,1-2H3/t12-,14-/m0/s1. The highest BCUT2D eigenvalue weighted by Crippen LogP contribution is 2.31. The fourth-order valence-corrected chi connectivity index (χ4v) is 5.62. The first-order chi connectivity index (χ1) is 17.7. The van der Waals surface area contributed by atoms with E-state index in [9.17, 15) is 27.9 Å². The van der Waals surface area contributed by atoms with E-state index in [4.69, 9.17) is 4.74 Å². The maximum absolute atomic E-state index is 14.1. The lowest BCUT2D eigenvalue weighted by atomic mass is 10.1. The van der Waals surface area contributed by atoms with Crippen molar-refractivity contribution in [2.45, 2.75) is 45.4 Å². The fourth-order valence-electron chi connectivity index (χ4n) is 4.76. The Morgan fingerprint density at radius 3 is 2.57 bits per heavy atom. The lowest BCUT2D eigenvalue weighted by Crippen LogP contribution is -2.61. The number of aromatic hydroxyl groups is 1. The molecule has 1 N–H and O–H groups in total. The number of rotatable bonds is 6. The van der Waals surface area contributed by atoms with Crippen LogP contribution in [0.3, 0.4) is 0 Å². The van der Waals surface area contributed by atoms with Gasteiger partial charge in [-0.3, -0.25) is 19.3 Å². The Hall–Kier alpha value is -3.45. The monoisotopic (exact) mass is 535 g/mol. The second-order valence-corrected chi connectivity index (χ2v) is 9.98. The van der Waals surface area contributed by atoms with Gasteiger partial charge in [0.2, 0.25) is 5.43 Å². The highest BCUT2D eigenvalue weighted by molar-refractivity contribution is 7.14. The molecule has 37 heavy (non-hydrogen) atoms. The van der Waals surface area contributed by atoms with E-state index in [2.05, 4.69) is 10.2 Å². The van der Waals surface area contributed by atoms with Crippen molar-refractivity contribution in [1.29, 1.82) is 0 Å². The van der Waals surface area contributed by atoms with Crippen LogP contribution < -0.4 is 10.4 Å². The number of carbonyl (C=O) groups is 1. The Labute approximate surface area is 213 Å². The van der Waals surface area contributed by atoms with E-state index in [0.29, 0.717) is 31.8 Å². The summed E-state index contributed by atoms with van der Waals surface area (Å²) in [6, 6.07) is 1.16. The summed E-state index contributed by atoms with van der Waals surface area (Å²) in [7, 11) is 0. The third kappa shape index (κ3) is 4.46. The zero-order valence-corrected chi connectivity index (χ0v) is 20.9. The summed E-state index contributed by atoms with van der Waals surface area (Å²) in [4.78, 5) is 27.9. The molecule has 5 rings (SSSR count). The molecule has 2 aromatic heterocycles. The van der Waals surface area contributed by atoms with Crippen molar-refractivity contribution < 1.29 is 27.8 Å². The molecule has 1 saturated heterocycles. The molecular weight excluding hydrogens is 511 g/mol. The largest absolute Gasteiger partial charge is 0.502 e. The van der Waals surface area contributed by atoms with Crippen molar-refractivity contribution in [3.8, 4) is 16.3 Å². The van der Waals surface area contributed by atoms with Crippen molar-refractivity contribution in [2.75, 3.05) is 24.7 Å². The quantitative estimate of drug-likeness (QED) is 0.518. The van der Waals surface area contributed by atoms with Crippen LogP contribution in [0.1, 0.15) is 47.7 Å². The van der Waals surface area contributed by atoms with E-state index >= 15 is 0 Å². The molecule has 13 heteroatoms. The van der Waals surface area contributed by atoms with Gasteiger partial charge in [-0.25, -0.2) is 13.2 Å². The Balaban J connectivity index is 1.55. The average molecular weight is 536 g/mol. The van der Waals surface area contributed by atoms with Gasteiger partial charge in [0.15, 0.2) is 16.5 Å². The molecule has 9 nitrogen and oxygen atoms in total. The molecule has 1 aromatic carbocycles. The Morgan fingerprint density at radius 1 is 1.19 bits per heavy atom. The first-order valence-electron chi connectivity index (χ1n) is 11.8. The van der Waals surface area contributed by atoms with Crippen molar-refractivity contribution in [1.82, 2.24) is 19.8 Å². The maximum Gasteiger partial charge on any atom is 0.278 e. The molecule has 0 spiro atoms. The molecule has 0 radical (unpaired) electrons. The number of aromatic nitrogens is 3. The van der Waals surface area contributed by atoms with Gasteiger partial charge in [-0.1, -0.05) is 11.3 Å². The molecular formula is C24H24F3N5O4S. The third-order valence-electron chi connectivity index (χ3n) is 6.67. The Morgan fingerprint density at radius 2 is 1.92 bits per heavy atom. The number of ether oxygens (including phenoxy) is 1. The molecule has 3 aromatic rings. The molecule has 2 aliphatic rings. The molecule has 2 atom stereocenters. The molecule has 1 amide bonds. The summed E-state index contributed by atoms with van der Waals surface area (Å²) >= 11 is 0.904. The SMILES string of the molecule is CCN1C(=O)c2c(O)c(=O)c(-c3nnc(Cc4c(F)cc(F)cc4F)s3)cn2N(C[C@@H]2CCCO2)[C@H]1C. The van der Waals surface area contributed by atoms with E-state index < -0.39 is 40.7 Å². The van der Waals surface area contributed by atoms with Crippen LogP contribution in [0.25, 0.3) is 10.6 Å². The maximum atomic E-state index is 14.1. The van der Waals surface area contributed by atoms with Crippen LogP contribution in [0, 0.1) is 17.5 Å². The summed E-state index contributed by atoms with van der Waals surface area (Å²) in [5.74, 6) is -4.36. The number of halogens is 3. The smallest absolute Gasteiger partial charge is 0.278 e. The highest BCUT2D eigenvalue weighted by atomic mass is 32.1. The van der Waals surface area contributed by atoms with E-state index in [1.54, 1.807) is 4.90 Å². The number of carbonyl (C=O) groups excluding carboxylic acids is 1. The third-order valence-corrected chi connectivity index (χ3v) is 7.63. The number of fused-ring (bicyclic) bond motifs is 1. The average Bonchev–Trinajstić information content (AvgIpc) is 3.53. The first kappa shape index (κ1) is 25.2. The van der Waals surface area contributed by atoms with Crippen LogP contribution in [0.4, 0.5) is 13.2 Å². The van der Waals surface area contributed by atoms with Gasteiger partial charge in [0, 0.05) is 43.5 Å². The molecule has 1 fully saturated rings. The zero-order chi connectivity index (χ0) is 26.4. The van der Waals surface area contributed by atoms with Gasteiger partial charge in [-0.2, -0.15) is 0 Å². The van der Waals surface area contributed by atoms with Gasteiger partial charge in [0.05, 0.1) is 18.2 Å². The minimum atomic E-state index is -1.06. The number of amides is 1. The number of nitrogens with zero attached hydrogens (tertiary/aromatic N) is 5. The van der Waals surface area contributed by atoms with Gasteiger partial charge in [-0.15, -0.1) is 10.2 Å². The topological polar surface area (TPSA) is 101 Å². The minimum absolute atomic E-state index is 0.0210. The van der Waals surface area contributed by atoms with Crippen LogP contribution >= 0.6 is 11.3 Å². The predicted octanol–water partition coefficient (Wildman–Crippen LogP) is 3.02. The zero-order valence-electron chi connectivity index (χ0n) is 20.1. The van der Waals surface area contributed by atoms with Crippen LogP contribution in [-0.2, 0) is 11.2 Å². The van der Waals surface area contributed by atoms with Gasteiger partial charge in [0.25, 0.3) is 5.91 Å². The summed E-state index contributed by atoms with van der Waals surface area (Å²) in [5, 5.41) is 20.9. The molecule has 196 valence electrons. The minimum Gasteiger partial charge on any atom is -0.502 e. The van der Waals surface area contributed by atoms with E-state index in [0.717, 1.165) is 24.2 Å². The molecule has 0 bridgehead atoms. The van der Waals surface area contributed by atoms with Crippen LogP contribution in [-0.4, -0.2) is 62.8 Å². The van der Waals surface area contributed by atoms with Gasteiger partial charge < -0.3 is 14.7 Å².